The Morgan fingerprint density at radius 1 is 1.45 bits per heavy atom. The largest absolute Gasteiger partial charge is 0.461 e. The van der Waals surface area contributed by atoms with E-state index in [0.717, 1.165) is 5.69 Å². The van der Waals surface area contributed by atoms with Crippen LogP contribution >= 0.6 is 11.3 Å². The molecule has 1 aromatic heterocycles. The molecule has 1 N–H and O–H groups in total. The number of rotatable bonds is 4. The Morgan fingerprint density at radius 2 is 2.30 bits per heavy atom. The second-order valence-corrected chi connectivity index (χ2v) is 4.80. The summed E-state index contributed by atoms with van der Waals surface area (Å²) in [6.07, 6.45) is 0. The van der Waals surface area contributed by atoms with Gasteiger partial charge in [0.1, 0.15) is 5.00 Å². The van der Waals surface area contributed by atoms with E-state index in [2.05, 4.69) is 10.3 Å². The first-order chi connectivity index (χ1) is 9.78. The summed E-state index contributed by atoms with van der Waals surface area (Å²) in [4.78, 5) is 15.8. The Morgan fingerprint density at radius 3 is 3.15 bits per heavy atom. The molecule has 0 saturated carbocycles. The third-order valence-electron chi connectivity index (χ3n) is 2.67. The average Bonchev–Trinajstić information content (AvgIpc) is 3.07. The topological polar surface area (TPSA) is 69.7 Å². The van der Waals surface area contributed by atoms with Crippen molar-refractivity contribution < 1.29 is 19.0 Å². The van der Waals surface area contributed by atoms with Crippen LogP contribution in [0.5, 0.6) is 11.5 Å². The van der Waals surface area contributed by atoms with Crippen LogP contribution in [-0.2, 0) is 4.74 Å². The van der Waals surface area contributed by atoms with Crippen LogP contribution < -0.4 is 14.8 Å². The summed E-state index contributed by atoms with van der Waals surface area (Å²) in [5, 5.41) is 3.78. The van der Waals surface area contributed by atoms with E-state index in [0.29, 0.717) is 23.1 Å². The molecule has 0 unspecified atom stereocenters. The minimum Gasteiger partial charge on any atom is -0.461 e. The Balaban J connectivity index is 1.81. The Bertz CT molecular complexity index is 641. The van der Waals surface area contributed by atoms with Crippen LogP contribution in [0.25, 0.3) is 0 Å². The van der Waals surface area contributed by atoms with Crippen molar-refractivity contribution in [1.29, 1.82) is 0 Å². The zero-order valence-electron chi connectivity index (χ0n) is 10.7. The van der Waals surface area contributed by atoms with E-state index >= 15 is 0 Å². The molecular formula is C13H12N2O4S. The maximum atomic E-state index is 11.7. The predicted octanol–water partition coefficient (Wildman–Crippen LogP) is 2.79. The summed E-state index contributed by atoms with van der Waals surface area (Å²) in [5.74, 6) is 0.958. The van der Waals surface area contributed by atoms with Gasteiger partial charge >= 0.3 is 5.97 Å². The zero-order valence-corrected chi connectivity index (χ0v) is 11.5. The molecule has 2 heterocycles. The van der Waals surface area contributed by atoms with Crippen LogP contribution in [-0.4, -0.2) is 24.4 Å². The molecule has 1 aliphatic rings. The molecule has 1 aliphatic heterocycles. The molecule has 2 aromatic rings. The second-order valence-electron chi connectivity index (χ2n) is 3.94. The lowest BCUT2D eigenvalue weighted by Crippen LogP contribution is -2.07. The van der Waals surface area contributed by atoms with Gasteiger partial charge in [-0.3, -0.25) is 0 Å². The van der Waals surface area contributed by atoms with E-state index in [-0.39, 0.29) is 12.5 Å². The molecule has 20 heavy (non-hydrogen) atoms. The number of carbonyl (C=O) groups is 1. The number of anilines is 2. The number of nitrogens with zero attached hydrogens (tertiary/aromatic N) is 1. The monoisotopic (exact) mass is 292 g/mol. The molecule has 0 amide bonds. The number of hydrogen-bond donors (Lipinski definition) is 1. The van der Waals surface area contributed by atoms with Crippen LogP contribution in [0, 0.1) is 0 Å². The highest BCUT2D eigenvalue weighted by Crippen LogP contribution is 2.36. The molecule has 7 heteroatoms. The smallest absolute Gasteiger partial charge is 0.360 e. The lowest BCUT2D eigenvalue weighted by atomic mass is 10.3. The number of benzene rings is 1. The summed E-state index contributed by atoms with van der Waals surface area (Å²) >= 11 is 1.34. The van der Waals surface area contributed by atoms with E-state index < -0.39 is 5.97 Å². The molecule has 0 radical (unpaired) electrons. The van der Waals surface area contributed by atoms with Crippen molar-refractivity contribution in [3.8, 4) is 11.5 Å². The van der Waals surface area contributed by atoms with Gasteiger partial charge in [-0.25, -0.2) is 9.78 Å². The van der Waals surface area contributed by atoms with E-state index in [1.165, 1.54) is 11.3 Å². The quantitative estimate of drug-likeness (QED) is 0.874. The fourth-order valence-electron chi connectivity index (χ4n) is 1.79. The number of carbonyl (C=O) groups excluding carboxylic acids is 1. The Kier molecular flexibility index (Phi) is 3.42. The van der Waals surface area contributed by atoms with Crippen molar-refractivity contribution in [1.82, 2.24) is 4.98 Å². The van der Waals surface area contributed by atoms with Gasteiger partial charge < -0.3 is 19.5 Å². The van der Waals surface area contributed by atoms with E-state index in [4.69, 9.17) is 14.2 Å². The number of esters is 1. The minimum atomic E-state index is -0.433. The molecular weight excluding hydrogens is 280 g/mol. The van der Waals surface area contributed by atoms with Gasteiger partial charge in [0.2, 0.25) is 6.79 Å². The van der Waals surface area contributed by atoms with Gasteiger partial charge in [0.25, 0.3) is 0 Å². The molecule has 0 atom stereocenters. The molecule has 1 aromatic carbocycles. The third kappa shape index (κ3) is 2.39. The molecule has 6 nitrogen and oxygen atoms in total. The summed E-state index contributed by atoms with van der Waals surface area (Å²) in [5.41, 5.74) is 2.68. The standard InChI is InChI=1S/C13H12N2O4S/c1-2-17-13(16)11-12(20-6-14-11)15-8-3-4-9-10(5-8)19-7-18-9/h3-6,15H,2,7H2,1H3. The van der Waals surface area contributed by atoms with Crippen molar-refractivity contribution >= 4 is 28.0 Å². The van der Waals surface area contributed by atoms with Crippen molar-refractivity contribution in [3.05, 3.63) is 29.4 Å². The minimum absolute atomic E-state index is 0.230. The van der Waals surface area contributed by atoms with Crippen LogP contribution in [0.15, 0.2) is 23.7 Å². The molecule has 0 spiro atoms. The van der Waals surface area contributed by atoms with E-state index in [1.54, 1.807) is 12.4 Å². The number of hydrogen-bond acceptors (Lipinski definition) is 7. The van der Waals surface area contributed by atoms with Gasteiger partial charge in [0, 0.05) is 11.8 Å². The first kappa shape index (κ1) is 12.7. The van der Waals surface area contributed by atoms with Gasteiger partial charge in [-0.15, -0.1) is 11.3 Å². The predicted molar refractivity (Wildman–Crippen MR) is 73.9 cm³/mol. The number of ether oxygens (including phenoxy) is 3. The van der Waals surface area contributed by atoms with Gasteiger partial charge in [-0.1, -0.05) is 0 Å². The fourth-order valence-corrected chi connectivity index (χ4v) is 2.47. The molecule has 3 rings (SSSR count). The highest BCUT2D eigenvalue weighted by Gasteiger charge is 2.18. The first-order valence-corrected chi connectivity index (χ1v) is 6.93. The van der Waals surface area contributed by atoms with Crippen molar-refractivity contribution in [2.45, 2.75) is 6.92 Å². The number of nitrogens with one attached hydrogen (secondary N) is 1. The van der Waals surface area contributed by atoms with Gasteiger partial charge in [-0.2, -0.15) is 0 Å². The van der Waals surface area contributed by atoms with Crippen molar-refractivity contribution in [2.75, 3.05) is 18.7 Å². The molecule has 0 saturated heterocycles. The Labute approximate surface area is 119 Å². The summed E-state index contributed by atoms with van der Waals surface area (Å²) < 4.78 is 15.5. The van der Waals surface area contributed by atoms with Gasteiger partial charge in [0.15, 0.2) is 17.2 Å². The molecule has 0 aliphatic carbocycles. The molecule has 0 fully saturated rings. The van der Waals surface area contributed by atoms with Crippen molar-refractivity contribution in [2.24, 2.45) is 0 Å². The summed E-state index contributed by atoms with van der Waals surface area (Å²) in [6, 6.07) is 5.48. The number of thiazole rings is 1. The maximum absolute atomic E-state index is 11.7. The van der Waals surface area contributed by atoms with Gasteiger partial charge in [0.05, 0.1) is 12.1 Å². The maximum Gasteiger partial charge on any atom is 0.360 e. The average molecular weight is 292 g/mol. The number of fused-ring (bicyclic) bond motifs is 1. The third-order valence-corrected chi connectivity index (χ3v) is 3.41. The van der Waals surface area contributed by atoms with Gasteiger partial charge in [-0.05, 0) is 19.1 Å². The van der Waals surface area contributed by atoms with E-state index in [9.17, 15) is 4.79 Å². The SMILES string of the molecule is CCOC(=O)c1ncsc1Nc1ccc2c(c1)OCO2. The Hall–Kier alpha value is -2.28. The van der Waals surface area contributed by atoms with Crippen molar-refractivity contribution in [3.63, 3.8) is 0 Å². The summed E-state index contributed by atoms with van der Waals surface area (Å²) in [6.45, 7) is 2.31. The second kappa shape index (κ2) is 5.38. The molecule has 104 valence electrons. The van der Waals surface area contributed by atoms with Crippen LogP contribution in [0.2, 0.25) is 0 Å². The summed E-state index contributed by atoms with van der Waals surface area (Å²) in [7, 11) is 0. The highest BCUT2D eigenvalue weighted by atomic mass is 32.1. The highest BCUT2D eigenvalue weighted by molar-refractivity contribution is 7.14. The van der Waals surface area contributed by atoms with Crippen LogP contribution in [0.1, 0.15) is 17.4 Å². The lowest BCUT2D eigenvalue weighted by Gasteiger charge is -2.06. The van der Waals surface area contributed by atoms with E-state index in [1.807, 2.05) is 18.2 Å². The van der Waals surface area contributed by atoms with Crippen LogP contribution in [0.4, 0.5) is 10.7 Å². The lowest BCUT2D eigenvalue weighted by molar-refractivity contribution is 0.0521. The van der Waals surface area contributed by atoms with Crippen LogP contribution in [0.3, 0.4) is 0 Å². The number of aromatic nitrogens is 1. The fraction of sp³-hybridized carbons (Fsp3) is 0.231. The zero-order chi connectivity index (χ0) is 13.9. The first-order valence-electron chi connectivity index (χ1n) is 6.05. The normalized spacial score (nSPS) is 12.2. The molecule has 0 bridgehead atoms.